The molecule has 0 radical (unpaired) electrons. The molecule has 1 N–H and O–H groups in total. The quantitative estimate of drug-likeness (QED) is 0.681. The largest absolute Gasteiger partial charge is 0.476 e. The van der Waals surface area contributed by atoms with Crippen LogP contribution >= 0.6 is 0 Å². The first kappa shape index (κ1) is 14.6. The van der Waals surface area contributed by atoms with Crippen molar-refractivity contribution < 1.29 is 14.8 Å². The first-order valence-corrected chi connectivity index (χ1v) is 6.30. The number of nitro groups is 1. The van der Waals surface area contributed by atoms with Crippen LogP contribution in [0.5, 0.6) is 0 Å². The van der Waals surface area contributed by atoms with Crippen molar-refractivity contribution in [3.8, 4) is 5.69 Å². The Morgan fingerprint density at radius 1 is 1.38 bits per heavy atom. The van der Waals surface area contributed by atoms with Gasteiger partial charge in [-0.2, -0.15) is 0 Å². The lowest BCUT2D eigenvalue weighted by atomic mass is 10.1. The summed E-state index contributed by atoms with van der Waals surface area (Å²) in [5.41, 5.74) is 1.86. The second kappa shape index (κ2) is 5.31. The smallest absolute Gasteiger partial charge is 0.358 e. The second-order valence-corrected chi connectivity index (χ2v) is 4.64. The Bertz CT molecular complexity index is 736. The average Bonchev–Trinajstić information content (AvgIpc) is 2.84. The van der Waals surface area contributed by atoms with Crippen molar-refractivity contribution in [2.24, 2.45) is 0 Å². The van der Waals surface area contributed by atoms with Crippen molar-refractivity contribution in [1.82, 2.24) is 15.0 Å². The third-order valence-corrected chi connectivity index (χ3v) is 3.32. The second-order valence-electron chi connectivity index (χ2n) is 4.64. The lowest BCUT2D eigenvalue weighted by molar-refractivity contribution is -0.384. The van der Waals surface area contributed by atoms with E-state index >= 15 is 0 Å². The number of hydrogen-bond acceptors (Lipinski definition) is 5. The normalized spacial score (nSPS) is 10.6. The van der Waals surface area contributed by atoms with E-state index in [1.807, 2.05) is 6.92 Å². The monoisotopic (exact) mass is 290 g/mol. The van der Waals surface area contributed by atoms with E-state index < -0.39 is 10.9 Å². The van der Waals surface area contributed by atoms with E-state index in [2.05, 4.69) is 10.3 Å². The van der Waals surface area contributed by atoms with Gasteiger partial charge in [-0.1, -0.05) is 12.1 Å². The average molecular weight is 290 g/mol. The Kier molecular flexibility index (Phi) is 3.70. The summed E-state index contributed by atoms with van der Waals surface area (Å²) >= 11 is 0. The van der Waals surface area contributed by atoms with Gasteiger partial charge in [0.2, 0.25) is 0 Å². The highest BCUT2D eigenvalue weighted by atomic mass is 16.6. The lowest BCUT2D eigenvalue weighted by Gasteiger charge is -2.09. The lowest BCUT2D eigenvalue weighted by Crippen LogP contribution is -2.08. The fourth-order valence-corrected chi connectivity index (χ4v) is 2.08. The third kappa shape index (κ3) is 2.47. The van der Waals surface area contributed by atoms with Crippen LogP contribution in [0.1, 0.15) is 34.2 Å². The van der Waals surface area contributed by atoms with Crippen LogP contribution in [0.3, 0.4) is 0 Å². The fourth-order valence-electron chi connectivity index (χ4n) is 2.08. The van der Waals surface area contributed by atoms with E-state index in [0.29, 0.717) is 12.1 Å². The Balaban J connectivity index is 2.75. The topological polar surface area (TPSA) is 111 Å². The predicted octanol–water partition coefficient (Wildman–Crippen LogP) is 2.05. The van der Waals surface area contributed by atoms with Crippen molar-refractivity contribution in [2.45, 2.75) is 27.2 Å². The molecule has 1 aromatic heterocycles. The molecular formula is C13H14N4O4. The van der Waals surface area contributed by atoms with Crippen LogP contribution in [0.2, 0.25) is 0 Å². The molecule has 0 fully saturated rings. The zero-order chi connectivity index (χ0) is 15.7. The zero-order valence-corrected chi connectivity index (χ0v) is 11.8. The SMILES string of the molecule is CCc1c(C(=O)O)nnn1-c1cc(C)c(C)cc1[N+](=O)[O-]. The predicted molar refractivity (Wildman–Crippen MR) is 73.8 cm³/mol. The van der Waals surface area contributed by atoms with Crippen molar-refractivity contribution >= 4 is 11.7 Å². The Morgan fingerprint density at radius 2 is 2.00 bits per heavy atom. The maximum Gasteiger partial charge on any atom is 0.358 e. The summed E-state index contributed by atoms with van der Waals surface area (Å²) in [6.45, 7) is 5.34. The van der Waals surface area contributed by atoms with Crippen molar-refractivity contribution in [2.75, 3.05) is 0 Å². The van der Waals surface area contributed by atoms with Gasteiger partial charge < -0.3 is 5.11 Å². The molecule has 1 aromatic carbocycles. The van der Waals surface area contributed by atoms with E-state index in [9.17, 15) is 14.9 Å². The number of carboxylic acids is 1. The summed E-state index contributed by atoms with van der Waals surface area (Å²) in [4.78, 5) is 21.8. The number of nitrogens with zero attached hydrogens (tertiary/aromatic N) is 4. The van der Waals surface area contributed by atoms with E-state index in [1.54, 1.807) is 19.9 Å². The molecule has 0 aliphatic carbocycles. The van der Waals surface area contributed by atoms with Gasteiger partial charge in [-0.25, -0.2) is 9.48 Å². The van der Waals surface area contributed by atoms with Crippen molar-refractivity contribution in [3.63, 3.8) is 0 Å². The molecule has 0 saturated heterocycles. The maximum atomic E-state index is 11.2. The molecule has 0 unspecified atom stereocenters. The molecule has 0 atom stereocenters. The standard InChI is InChI=1S/C13H14N4O4/c1-4-9-12(13(18)19)14-15-16(9)10-5-7(2)8(3)6-11(10)17(20)21/h5-6H,4H2,1-3H3,(H,18,19). The molecule has 0 aliphatic rings. The number of aryl methyl sites for hydroxylation is 2. The van der Waals surface area contributed by atoms with Gasteiger partial charge in [0, 0.05) is 6.07 Å². The van der Waals surface area contributed by atoms with E-state index in [0.717, 1.165) is 11.1 Å². The van der Waals surface area contributed by atoms with Crippen LogP contribution in [0.4, 0.5) is 5.69 Å². The van der Waals surface area contributed by atoms with Gasteiger partial charge in [0.15, 0.2) is 5.69 Å². The number of carbonyl (C=O) groups is 1. The minimum Gasteiger partial charge on any atom is -0.476 e. The van der Waals surface area contributed by atoms with Crippen LogP contribution < -0.4 is 0 Å². The fraction of sp³-hybridized carbons (Fsp3) is 0.308. The van der Waals surface area contributed by atoms with Gasteiger partial charge in [0.1, 0.15) is 5.69 Å². The van der Waals surface area contributed by atoms with E-state index in [-0.39, 0.29) is 17.1 Å². The molecule has 2 aromatic rings. The van der Waals surface area contributed by atoms with Gasteiger partial charge in [-0.15, -0.1) is 5.10 Å². The molecule has 0 amide bonds. The molecule has 0 aliphatic heterocycles. The number of benzene rings is 1. The Hall–Kier alpha value is -2.77. The summed E-state index contributed by atoms with van der Waals surface area (Å²) in [5, 5.41) is 27.7. The van der Waals surface area contributed by atoms with Gasteiger partial charge in [-0.3, -0.25) is 10.1 Å². The zero-order valence-electron chi connectivity index (χ0n) is 11.8. The first-order valence-electron chi connectivity index (χ1n) is 6.30. The summed E-state index contributed by atoms with van der Waals surface area (Å²) in [7, 11) is 0. The summed E-state index contributed by atoms with van der Waals surface area (Å²) < 4.78 is 1.23. The summed E-state index contributed by atoms with van der Waals surface area (Å²) in [5.74, 6) is -1.20. The van der Waals surface area contributed by atoms with Gasteiger partial charge in [-0.05, 0) is 37.5 Å². The van der Waals surface area contributed by atoms with Gasteiger partial charge >= 0.3 is 5.97 Å². The first-order chi connectivity index (χ1) is 9.86. The molecule has 0 spiro atoms. The minimum absolute atomic E-state index is 0.130. The molecule has 8 heteroatoms. The number of nitro benzene ring substituents is 1. The molecule has 2 rings (SSSR count). The third-order valence-electron chi connectivity index (χ3n) is 3.32. The number of carboxylic acid groups (broad SMARTS) is 1. The van der Waals surface area contributed by atoms with E-state index in [1.165, 1.54) is 10.7 Å². The highest BCUT2D eigenvalue weighted by Gasteiger charge is 2.24. The van der Waals surface area contributed by atoms with Crippen LogP contribution in [-0.2, 0) is 6.42 Å². The number of rotatable bonds is 4. The van der Waals surface area contributed by atoms with Crippen LogP contribution in [0.25, 0.3) is 5.69 Å². The number of aromatic nitrogens is 3. The molecule has 8 nitrogen and oxygen atoms in total. The summed E-state index contributed by atoms with van der Waals surface area (Å²) in [6, 6.07) is 3.07. The van der Waals surface area contributed by atoms with Gasteiger partial charge in [0.05, 0.1) is 10.6 Å². The molecule has 0 saturated carbocycles. The summed E-state index contributed by atoms with van der Waals surface area (Å²) in [6.07, 6.45) is 0.346. The van der Waals surface area contributed by atoms with Crippen LogP contribution in [0, 0.1) is 24.0 Å². The highest BCUT2D eigenvalue weighted by molar-refractivity contribution is 5.86. The van der Waals surface area contributed by atoms with Crippen LogP contribution in [0.15, 0.2) is 12.1 Å². The Morgan fingerprint density at radius 3 is 2.52 bits per heavy atom. The molecule has 0 bridgehead atoms. The Labute approximate surface area is 120 Å². The van der Waals surface area contributed by atoms with Gasteiger partial charge in [0.25, 0.3) is 5.69 Å². The molecule has 1 heterocycles. The highest BCUT2D eigenvalue weighted by Crippen LogP contribution is 2.27. The molecular weight excluding hydrogens is 276 g/mol. The van der Waals surface area contributed by atoms with Crippen molar-refractivity contribution in [3.05, 3.63) is 44.8 Å². The van der Waals surface area contributed by atoms with Crippen LogP contribution in [-0.4, -0.2) is 31.0 Å². The van der Waals surface area contributed by atoms with E-state index in [4.69, 9.17) is 5.11 Å². The number of aromatic carboxylic acids is 1. The van der Waals surface area contributed by atoms with Crippen molar-refractivity contribution in [1.29, 1.82) is 0 Å². The molecule has 21 heavy (non-hydrogen) atoms. The number of hydrogen-bond donors (Lipinski definition) is 1. The minimum atomic E-state index is -1.20. The molecule has 110 valence electrons. The maximum absolute atomic E-state index is 11.2.